The monoisotopic (exact) mass is 328 g/mol. The van der Waals surface area contributed by atoms with Crippen LogP contribution in [0.4, 0.5) is 10.2 Å². The second-order valence-electron chi connectivity index (χ2n) is 4.43. The van der Waals surface area contributed by atoms with Gasteiger partial charge in [-0.3, -0.25) is 0 Å². The Balaban J connectivity index is 2.45. The molecule has 112 valence electrons. The summed E-state index contributed by atoms with van der Waals surface area (Å²) >= 11 is 12.3. The average molecular weight is 329 g/mol. The molecule has 0 aliphatic heterocycles. The van der Waals surface area contributed by atoms with Crippen LogP contribution >= 0.6 is 23.2 Å². The second kappa shape index (κ2) is 6.96. The van der Waals surface area contributed by atoms with Gasteiger partial charge in [-0.15, -0.1) is 0 Å². The summed E-state index contributed by atoms with van der Waals surface area (Å²) in [6.07, 6.45) is 0.938. The highest BCUT2D eigenvalue weighted by atomic mass is 35.5. The van der Waals surface area contributed by atoms with E-state index in [2.05, 4.69) is 10.3 Å². The molecule has 0 spiro atoms. The lowest BCUT2D eigenvalue weighted by atomic mass is 10.1. The molecule has 3 nitrogen and oxygen atoms in total. The van der Waals surface area contributed by atoms with E-state index in [1.165, 1.54) is 19.2 Å². The lowest BCUT2D eigenvalue weighted by molar-refractivity contribution is 0.386. The number of nitrogens with zero attached hydrogens (tertiary/aromatic N) is 1. The number of ether oxygens (including phenoxy) is 1. The van der Waals surface area contributed by atoms with Crippen molar-refractivity contribution in [1.29, 1.82) is 0 Å². The van der Waals surface area contributed by atoms with E-state index in [0.29, 0.717) is 27.1 Å². The summed E-state index contributed by atoms with van der Waals surface area (Å²) in [7, 11) is 1.42. The summed E-state index contributed by atoms with van der Waals surface area (Å²) in [5, 5.41) is 3.92. The predicted octanol–water partition coefficient (Wildman–Crippen LogP) is 5.03. The van der Waals surface area contributed by atoms with Crippen molar-refractivity contribution in [3.8, 4) is 17.0 Å². The Kier molecular flexibility index (Phi) is 5.26. The number of anilines is 1. The van der Waals surface area contributed by atoms with Crippen molar-refractivity contribution in [3.05, 3.63) is 40.1 Å². The lowest BCUT2D eigenvalue weighted by Crippen LogP contribution is -2.03. The minimum Gasteiger partial charge on any atom is -0.494 e. The number of pyridine rings is 1. The van der Waals surface area contributed by atoms with Crippen LogP contribution < -0.4 is 10.1 Å². The zero-order chi connectivity index (χ0) is 15.4. The first-order valence-corrected chi connectivity index (χ1v) is 7.26. The van der Waals surface area contributed by atoms with E-state index in [1.807, 2.05) is 6.92 Å². The molecule has 0 amide bonds. The maximum atomic E-state index is 13.8. The van der Waals surface area contributed by atoms with Gasteiger partial charge in [-0.1, -0.05) is 30.1 Å². The molecule has 0 unspecified atom stereocenters. The number of nitrogens with one attached hydrogen (secondary N) is 1. The van der Waals surface area contributed by atoms with Crippen LogP contribution in [0.3, 0.4) is 0 Å². The summed E-state index contributed by atoms with van der Waals surface area (Å²) in [4.78, 5) is 4.39. The first-order valence-electron chi connectivity index (χ1n) is 6.50. The van der Waals surface area contributed by atoms with Crippen LogP contribution in [0.25, 0.3) is 11.3 Å². The van der Waals surface area contributed by atoms with Gasteiger partial charge in [-0.25, -0.2) is 9.37 Å². The molecular formula is C15H15Cl2FN2O. The summed E-state index contributed by atoms with van der Waals surface area (Å²) in [6, 6.07) is 6.18. The largest absolute Gasteiger partial charge is 0.494 e. The van der Waals surface area contributed by atoms with Gasteiger partial charge in [0, 0.05) is 12.1 Å². The number of benzene rings is 1. The van der Waals surface area contributed by atoms with Gasteiger partial charge in [0.1, 0.15) is 5.82 Å². The quantitative estimate of drug-likeness (QED) is 0.836. The first-order chi connectivity index (χ1) is 10.1. The Morgan fingerprint density at radius 2 is 2.00 bits per heavy atom. The molecule has 0 saturated heterocycles. The van der Waals surface area contributed by atoms with E-state index in [-0.39, 0.29) is 5.75 Å². The number of hydrogen-bond acceptors (Lipinski definition) is 3. The number of halogens is 3. The molecule has 0 atom stereocenters. The molecule has 0 fully saturated rings. The molecule has 1 N–H and O–H groups in total. The van der Waals surface area contributed by atoms with Crippen LogP contribution in [0.2, 0.25) is 10.0 Å². The van der Waals surface area contributed by atoms with Crippen molar-refractivity contribution < 1.29 is 9.13 Å². The van der Waals surface area contributed by atoms with Crippen LogP contribution in [0, 0.1) is 5.82 Å². The standard InChI is InChI=1S/C15H15Cl2FN2O/c1-3-6-19-15-11(17)8-10(16)14(20-15)9-4-5-13(21-2)12(18)7-9/h4-5,7-8H,3,6H2,1-2H3,(H,19,20). The maximum absolute atomic E-state index is 13.8. The first kappa shape index (κ1) is 15.9. The highest BCUT2D eigenvalue weighted by molar-refractivity contribution is 6.37. The van der Waals surface area contributed by atoms with Gasteiger partial charge in [0.25, 0.3) is 0 Å². The van der Waals surface area contributed by atoms with Crippen LogP contribution in [0.1, 0.15) is 13.3 Å². The van der Waals surface area contributed by atoms with Crippen LogP contribution in [-0.2, 0) is 0 Å². The van der Waals surface area contributed by atoms with Crippen LogP contribution in [0.15, 0.2) is 24.3 Å². The zero-order valence-electron chi connectivity index (χ0n) is 11.7. The third-order valence-corrected chi connectivity index (χ3v) is 3.47. The SMILES string of the molecule is CCCNc1nc(-c2ccc(OC)c(F)c2)c(Cl)cc1Cl. The fourth-order valence-electron chi connectivity index (χ4n) is 1.85. The number of aromatic nitrogens is 1. The van der Waals surface area contributed by atoms with E-state index < -0.39 is 5.82 Å². The molecule has 0 saturated carbocycles. The Morgan fingerprint density at radius 1 is 1.24 bits per heavy atom. The molecule has 2 aromatic rings. The fraction of sp³-hybridized carbons (Fsp3) is 0.267. The van der Waals surface area contributed by atoms with Crippen molar-refractivity contribution in [2.24, 2.45) is 0 Å². The molecule has 0 aliphatic carbocycles. The minimum atomic E-state index is -0.467. The maximum Gasteiger partial charge on any atom is 0.165 e. The normalized spacial score (nSPS) is 10.5. The Morgan fingerprint density at radius 3 is 2.62 bits per heavy atom. The van der Waals surface area contributed by atoms with Crippen LogP contribution in [0.5, 0.6) is 5.75 Å². The predicted molar refractivity (Wildman–Crippen MR) is 85.0 cm³/mol. The summed E-state index contributed by atoms with van der Waals surface area (Å²) in [5.74, 6) is 0.244. The van der Waals surface area contributed by atoms with E-state index >= 15 is 0 Å². The van der Waals surface area contributed by atoms with Crippen molar-refractivity contribution in [3.63, 3.8) is 0 Å². The van der Waals surface area contributed by atoms with Crippen molar-refractivity contribution in [1.82, 2.24) is 4.98 Å². The fourth-order valence-corrected chi connectivity index (χ4v) is 2.38. The van der Waals surface area contributed by atoms with Gasteiger partial charge >= 0.3 is 0 Å². The zero-order valence-corrected chi connectivity index (χ0v) is 13.2. The molecule has 6 heteroatoms. The van der Waals surface area contributed by atoms with Gasteiger partial charge in [-0.05, 0) is 30.7 Å². The Hall–Kier alpha value is -1.52. The van der Waals surface area contributed by atoms with Crippen molar-refractivity contribution >= 4 is 29.0 Å². The van der Waals surface area contributed by atoms with Gasteiger partial charge in [0.2, 0.25) is 0 Å². The second-order valence-corrected chi connectivity index (χ2v) is 5.24. The van der Waals surface area contributed by atoms with Gasteiger partial charge < -0.3 is 10.1 Å². The molecule has 0 aliphatic rings. The molecule has 2 rings (SSSR count). The molecule has 1 heterocycles. The van der Waals surface area contributed by atoms with E-state index in [1.54, 1.807) is 12.1 Å². The number of rotatable bonds is 5. The Bertz CT molecular complexity index is 650. The smallest absolute Gasteiger partial charge is 0.165 e. The average Bonchev–Trinajstić information content (AvgIpc) is 2.46. The number of hydrogen-bond donors (Lipinski definition) is 1. The summed E-state index contributed by atoms with van der Waals surface area (Å²) in [5.41, 5.74) is 1.04. The molecule has 1 aromatic carbocycles. The van der Waals surface area contributed by atoms with Crippen molar-refractivity contribution in [2.75, 3.05) is 19.0 Å². The molecule has 0 radical (unpaired) electrons. The topological polar surface area (TPSA) is 34.2 Å². The van der Waals surface area contributed by atoms with Gasteiger partial charge in [-0.2, -0.15) is 0 Å². The van der Waals surface area contributed by atoms with Gasteiger partial charge in [0.05, 0.1) is 22.8 Å². The third kappa shape index (κ3) is 3.57. The lowest BCUT2D eigenvalue weighted by Gasteiger charge is -2.11. The molecular weight excluding hydrogens is 314 g/mol. The van der Waals surface area contributed by atoms with E-state index in [9.17, 15) is 4.39 Å². The van der Waals surface area contributed by atoms with Gasteiger partial charge in [0.15, 0.2) is 11.6 Å². The molecule has 1 aromatic heterocycles. The summed E-state index contributed by atoms with van der Waals surface area (Å²) in [6.45, 7) is 2.78. The summed E-state index contributed by atoms with van der Waals surface area (Å²) < 4.78 is 18.7. The molecule has 0 bridgehead atoms. The minimum absolute atomic E-state index is 0.174. The van der Waals surface area contributed by atoms with Crippen molar-refractivity contribution in [2.45, 2.75) is 13.3 Å². The molecule has 21 heavy (non-hydrogen) atoms. The number of methoxy groups -OCH3 is 1. The third-order valence-electron chi connectivity index (χ3n) is 2.90. The van der Waals surface area contributed by atoms with E-state index in [4.69, 9.17) is 27.9 Å². The highest BCUT2D eigenvalue weighted by Gasteiger charge is 2.13. The highest BCUT2D eigenvalue weighted by Crippen LogP contribution is 2.34. The van der Waals surface area contributed by atoms with Crippen LogP contribution in [-0.4, -0.2) is 18.6 Å². The van der Waals surface area contributed by atoms with E-state index in [0.717, 1.165) is 13.0 Å². The Labute approximate surface area is 133 Å².